The first-order valence-electron chi connectivity index (χ1n) is 8.04. The monoisotopic (exact) mass is 356 g/mol. The van der Waals surface area contributed by atoms with Crippen LogP contribution < -0.4 is 5.32 Å². The normalized spacial score (nSPS) is 10.8. The van der Waals surface area contributed by atoms with Gasteiger partial charge in [0.2, 0.25) is 5.91 Å². The van der Waals surface area contributed by atoms with Crippen LogP contribution in [0.15, 0.2) is 46.2 Å². The van der Waals surface area contributed by atoms with E-state index in [0.717, 1.165) is 29.3 Å². The Morgan fingerprint density at radius 3 is 2.64 bits per heavy atom. The van der Waals surface area contributed by atoms with E-state index in [2.05, 4.69) is 22.4 Å². The predicted octanol–water partition coefficient (Wildman–Crippen LogP) is 3.68. The number of nitrogens with zero attached hydrogens (tertiary/aromatic N) is 3. The molecule has 3 rings (SSSR count). The van der Waals surface area contributed by atoms with Gasteiger partial charge in [0.25, 0.3) is 0 Å². The average molecular weight is 356 g/mol. The third kappa shape index (κ3) is 3.93. The number of thioether (sulfide) groups is 1. The Labute approximate surface area is 150 Å². The molecule has 130 valence electrons. The van der Waals surface area contributed by atoms with Crippen molar-refractivity contribution < 1.29 is 9.21 Å². The fraction of sp³-hybridized carbons (Fsp3) is 0.278. The van der Waals surface area contributed by atoms with Gasteiger partial charge < -0.3 is 14.3 Å². The molecule has 0 aliphatic rings. The van der Waals surface area contributed by atoms with Gasteiger partial charge in [-0.15, -0.1) is 10.2 Å². The summed E-state index contributed by atoms with van der Waals surface area (Å²) in [6.07, 6.45) is 2.61. The zero-order valence-electron chi connectivity index (χ0n) is 14.4. The predicted molar refractivity (Wildman–Crippen MR) is 98.6 cm³/mol. The molecule has 2 aromatic heterocycles. The number of hydrogen-bond donors (Lipinski definition) is 1. The van der Waals surface area contributed by atoms with Gasteiger partial charge in [-0.3, -0.25) is 4.79 Å². The molecule has 0 bridgehead atoms. The maximum absolute atomic E-state index is 12.1. The Kier molecular flexibility index (Phi) is 5.23. The molecule has 2 heterocycles. The van der Waals surface area contributed by atoms with E-state index in [9.17, 15) is 4.79 Å². The van der Waals surface area contributed by atoms with Crippen molar-refractivity contribution in [2.75, 3.05) is 11.1 Å². The fourth-order valence-electron chi connectivity index (χ4n) is 2.44. The first-order chi connectivity index (χ1) is 12.1. The van der Waals surface area contributed by atoms with E-state index in [1.807, 2.05) is 48.9 Å². The summed E-state index contributed by atoms with van der Waals surface area (Å²) in [6.45, 7) is 3.98. The number of carbonyl (C=O) groups is 1. The second-order valence-electron chi connectivity index (χ2n) is 5.64. The van der Waals surface area contributed by atoms with Gasteiger partial charge in [0.05, 0.1) is 17.6 Å². The van der Waals surface area contributed by atoms with Gasteiger partial charge in [0.15, 0.2) is 11.0 Å². The van der Waals surface area contributed by atoms with Crippen LogP contribution in [0.4, 0.5) is 5.69 Å². The molecule has 0 aliphatic carbocycles. The number of nitrogens with one attached hydrogen (secondary N) is 1. The lowest BCUT2D eigenvalue weighted by Crippen LogP contribution is -2.14. The van der Waals surface area contributed by atoms with Crippen molar-refractivity contribution in [3.05, 3.63) is 47.9 Å². The number of hydrogen-bond acceptors (Lipinski definition) is 5. The number of carbonyl (C=O) groups excluding carboxylic acids is 1. The highest BCUT2D eigenvalue weighted by atomic mass is 32.2. The summed E-state index contributed by atoms with van der Waals surface area (Å²) in [5, 5.41) is 12.0. The quantitative estimate of drug-likeness (QED) is 0.682. The molecule has 7 heteroatoms. The second kappa shape index (κ2) is 7.57. The molecule has 1 amide bonds. The highest BCUT2D eigenvalue weighted by Gasteiger charge is 2.15. The lowest BCUT2D eigenvalue weighted by atomic mass is 10.1. The van der Waals surface area contributed by atoms with Crippen LogP contribution in [0.25, 0.3) is 11.4 Å². The molecule has 0 unspecified atom stereocenters. The van der Waals surface area contributed by atoms with Crippen LogP contribution in [0.3, 0.4) is 0 Å². The second-order valence-corrected chi connectivity index (χ2v) is 6.59. The molecule has 1 N–H and O–H groups in total. The number of furan rings is 1. The van der Waals surface area contributed by atoms with Crippen LogP contribution in [0.2, 0.25) is 0 Å². The smallest absolute Gasteiger partial charge is 0.234 e. The lowest BCUT2D eigenvalue weighted by Gasteiger charge is -2.06. The molecule has 0 fully saturated rings. The minimum Gasteiger partial charge on any atom is -0.469 e. The van der Waals surface area contributed by atoms with Crippen LogP contribution in [-0.4, -0.2) is 26.4 Å². The number of anilines is 1. The Morgan fingerprint density at radius 1 is 1.24 bits per heavy atom. The molecule has 3 aromatic rings. The lowest BCUT2D eigenvalue weighted by molar-refractivity contribution is -0.113. The highest BCUT2D eigenvalue weighted by Crippen LogP contribution is 2.25. The van der Waals surface area contributed by atoms with Crippen molar-refractivity contribution in [3.8, 4) is 11.4 Å². The third-order valence-electron chi connectivity index (χ3n) is 3.91. The van der Waals surface area contributed by atoms with Crippen molar-refractivity contribution in [1.29, 1.82) is 0 Å². The molecule has 25 heavy (non-hydrogen) atoms. The fourth-order valence-corrected chi connectivity index (χ4v) is 3.15. The van der Waals surface area contributed by atoms with Gasteiger partial charge in [0, 0.05) is 12.7 Å². The molecule has 0 saturated heterocycles. The largest absolute Gasteiger partial charge is 0.469 e. The molecule has 0 radical (unpaired) electrons. The molecule has 6 nitrogen and oxygen atoms in total. The van der Waals surface area contributed by atoms with E-state index in [4.69, 9.17) is 4.42 Å². The summed E-state index contributed by atoms with van der Waals surface area (Å²) in [7, 11) is 1.88. The number of aromatic nitrogens is 3. The Hall–Kier alpha value is -2.54. The van der Waals surface area contributed by atoms with Gasteiger partial charge in [0.1, 0.15) is 5.76 Å². The zero-order chi connectivity index (χ0) is 17.8. The third-order valence-corrected chi connectivity index (χ3v) is 4.93. The van der Waals surface area contributed by atoms with Crippen LogP contribution in [-0.2, 0) is 18.3 Å². The Morgan fingerprint density at radius 2 is 2.00 bits per heavy atom. The van der Waals surface area contributed by atoms with E-state index < -0.39 is 0 Å². The van der Waals surface area contributed by atoms with Crippen molar-refractivity contribution in [2.24, 2.45) is 7.05 Å². The topological polar surface area (TPSA) is 73.0 Å². The maximum atomic E-state index is 12.1. The number of rotatable bonds is 6. The summed E-state index contributed by atoms with van der Waals surface area (Å²) in [5.41, 5.74) is 2.95. The van der Waals surface area contributed by atoms with Gasteiger partial charge in [-0.05, 0) is 37.1 Å². The molecule has 0 spiro atoms. The van der Waals surface area contributed by atoms with E-state index in [1.165, 1.54) is 17.3 Å². The molecule has 0 saturated carbocycles. The molecule has 0 atom stereocenters. The summed E-state index contributed by atoms with van der Waals surface area (Å²) < 4.78 is 7.18. The van der Waals surface area contributed by atoms with E-state index in [1.54, 1.807) is 6.26 Å². The van der Waals surface area contributed by atoms with Crippen LogP contribution in [0.1, 0.15) is 18.2 Å². The number of aryl methyl sites for hydroxylation is 2. The maximum Gasteiger partial charge on any atom is 0.234 e. The van der Waals surface area contributed by atoms with Crippen molar-refractivity contribution in [2.45, 2.75) is 25.4 Å². The van der Waals surface area contributed by atoms with Gasteiger partial charge in [-0.25, -0.2) is 0 Å². The highest BCUT2D eigenvalue weighted by molar-refractivity contribution is 7.99. The minimum absolute atomic E-state index is 0.0710. The number of benzene rings is 1. The van der Waals surface area contributed by atoms with Crippen molar-refractivity contribution >= 4 is 23.4 Å². The van der Waals surface area contributed by atoms with Crippen molar-refractivity contribution in [3.63, 3.8) is 0 Å². The van der Waals surface area contributed by atoms with Crippen molar-refractivity contribution in [1.82, 2.24) is 14.8 Å². The van der Waals surface area contributed by atoms with E-state index in [0.29, 0.717) is 5.16 Å². The summed E-state index contributed by atoms with van der Waals surface area (Å²) in [4.78, 5) is 12.1. The Bertz CT molecular complexity index is 868. The molecule has 1 aromatic carbocycles. The van der Waals surface area contributed by atoms with Gasteiger partial charge in [-0.2, -0.15) is 0 Å². The first-order valence-corrected chi connectivity index (χ1v) is 9.02. The summed E-state index contributed by atoms with van der Waals surface area (Å²) in [6, 6.07) is 9.74. The van der Waals surface area contributed by atoms with Crippen LogP contribution in [0.5, 0.6) is 0 Å². The SMILES string of the molecule is CCc1ccc(NC(=O)CSc2nnc(-c3ccoc3C)n2C)cc1. The average Bonchev–Trinajstić information content (AvgIpc) is 3.19. The number of amides is 1. The van der Waals surface area contributed by atoms with Gasteiger partial charge in [-0.1, -0.05) is 30.8 Å². The molecular weight excluding hydrogens is 336 g/mol. The van der Waals surface area contributed by atoms with Crippen LogP contribution >= 0.6 is 11.8 Å². The molecule has 0 aliphatic heterocycles. The Balaban J connectivity index is 1.60. The molecular formula is C18H20N4O2S. The summed E-state index contributed by atoms with van der Waals surface area (Å²) in [5.74, 6) is 1.72. The van der Waals surface area contributed by atoms with Gasteiger partial charge >= 0.3 is 0 Å². The van der Waals surface area contributed by atoms with E-state index >= 15 is 0 Å². The zero-order valence-corrected chi connectivity index (χ0v) is 15.3. The summed E-state index contributed by atoms with van der Waals surface area (Å²) >= 11 is 1.35. The standard InChI is InChI=1S/C18H20N4O2S/c1-4-13-5-7-14(8-6-13)19-16(23)11-25-18-21-20-17(22(18)3)15-9-10-24-12(15)2/h5-10H,4,11H2,1-3H3,(H,19,23). The first kappa shape index (κ1) is 17.3. The van der Waals surface area contributed by atoms with E-state index in [-0.39, 0.29) is 11.7 Å². The minimum atomic E-state index is -0.0710. The van der Waals surface area contributed by atoms with Crippen LogP contribution in [0, 0.1) is 6.92 Å².